The molecule has 2 N–H and O–H groups in total. The summed E-state index contributed by atoms with van der Waals surface area (Å²) in [6.45, 7) is 1.45. The Kier molecular flexibility index (Phi) is 4.14. The molecule has 2 saturated heterocycles. The van der Waals surface area contributed by atoms with Gasteiger partial charge in [0.25, 0.3) is 5.91 Å². The summed E-state index contributed by atoms with van der Waals surface area (Å²) in [5.74, 6) is 0.737. The fourth-order valence-electron chi connectivity index (χ4n) is 2.91. The number of aromatic nitrogens is 3. The number of thioether (sulfide) groups is 1. The lowest BCUT2D eigenvalue weighted by Crippen LogP contribution is -2.44. The van der Waals surface area contributed by atoms with Crippen LogP contribution in [0.3, 0.4) is 0 Å². The van der Waals surface area contributed by atoms with Gasteiger partial charge in [-0.25, -0.2) is 9.67 Å². The number of amides is 2. The first-order valence-electron chi connectivity index (χ1n) is 7.26. The first-order valence-corrected chi connectivity index (χ1v) is 8.31. The minimum Gasteiger partial charge on any atom is -0.363 e. The molecule has 0 saturated carbocycles. The summed E-state index contributed by atoms with van der Waals surface area (Å²) in [6, 6.07) is 0.0784. The van der Waals surface area contributed by atoms with Crippen molar-refractivity contribution in [3.8, 4) is 0 Å². The van der Waals surface area contributed by atoms with E-state index in [-0.39, 0.29) is 23.0 Å². The topological polar surface area (TPSA) is 94.1 Å². The van der Waals surface area contributed by atoms with Crippen LogP contribution in [0.4, 0.5) is 0 Å². The molecule has 1 aromatic rings. The van der Waals surface area contributed by atoms with Crippen LogP contribution in [-0.4, -0.2) is 55.6 Å². The van der Waals surface area contributed by atoms with Crippen LogP contribution >= 0.6 is 11.8 Å². The highest BCUT2D eigenvalue weighted by molar-refractivity contribution is 8.00. The molecule has 2 aliphatic heterocycles. The maximum atomic E-state index is 12.5. The van der Waals surface area contributed by atoms with E-state index in [9.17, 15) is 9.59 Å². The van der Waals surface area contributed by atoms with Gasteiger partial charge in [0.1, 0.15) is 6.33 Å². The summed E-state index contributed by atoms with van der Waals surface area (Å²) in [7, 11) is 0. The second kappa shape index (κ2) is 6.05. The fourth-order valence-corrected chi connectivity index (χ4v) is 4.15. The average Bonchev–Trinajstić information content (AvgIpc) is 3.18. The van der Waals surface area contributed by atoms with Gasteiger partial charge in [-0.05, 0) is 31.4 Å². The zero-order valence-corrected chi connectivity index (χ0v) is 12.6. The standard InChI is InChI=1S/C13H19N5O2S/c14-11(19)12-15-8-18(16-12)9-3-1-5-17(7-9)13(20)10-4-2-6-21-10/h8-10H,1-7H2,(H2,14,19)/t9-,10-/m0/s1. The van der Waals surface area contributed by atoms with E-state index in [0.29, 0.717) is 6.54 Å². The molecule has 0 radical (unpaired) electrons. The third kappa shape index (κ3) is 3.04. The summed E-state index contributed by atoms with van der Waals surface area (Å²) < 4.78 is 1.67. The summed E-state index contributed by atoms with van der Waals surface area (Å²) >= 11 is 1.76. The molecule has 2 aliphatic rings. The van der Waals surface area contributed by atoms with Gasteiger partial charge in [0.15, 0.2) is 0 Å². The molecule has 3 heterocycles. The summed E-state index contributed by atoms with van der Waals surface area (Å²) in [4.78, 5) is 29.4. The molecule has 3 rings (SSSR count). The number of nitrogens with two attached hydrogens (primary N) is 1. The lowest BCUT2D eigenvalue weighted by molar-refractivity contribution is -0.132. The van der Waals surface area contributed by atoms with Gasteiger partial charge in [0, 0.05) is 13.1 Å². The van der Waals surface area contributed by atoms with Crippen molar-refractivity contribution in [2.75, 3.05) is 18.8 Å². The Morgan fingerprint density at radius 3 is 2.86 bits per heavy atom. The highest BCUT2D eigenvalue weighted by Crippen LogP contribution is 2.30. The van der Waals surface area contributed by atoms with Crippen LogP contribution in [0.15, 0.2) is 6.33 Å². The summed E-state index contributed by atoms with van der Waals surface area (Å²) in [5, 5.41) is 4.24. The Bertz CT molecular complexity index is 540. The molecule has 0 aliphatic carbocycles. The van der Waals surface area contributed by atoms with Crippen LogP contribution in [0, 0.1) is 0 Å². The molecule has 2 atom stereocenters. The van der Waals surface area contributed by atoms with Crippen LogP contribution in [0.25, 0.3) is 0 Å². The van der Waals surface area contributed by atoms with Gasteiger partial charge in [-0.1, -0.05) is 0 Å². The zero-order chi connectivity index (χ0) is 14.8. The molecule has 7 nitrogen and oxygen atoms in total. The van der Waals surface area contributed by atoms with E-state index < -0.39 is 5.91 Å². The van der Waals surface area contributed by atoms with Gasteiger partial charge in [-0.15, -0.1) is 16.9 Å². The Morgan fingerprint density at radius 2 is 2.19 bits per heavy atom. The second-order valence-electron chi connectivity index (χ2n) is 5.49. The van der Waals surface area contributed by atoms with E-state index in [0.717, 1.165) is 38.0 Å². The van der Waals surface area contributed by atoms with Crippen molar-refractivity contribution >= 4 is 23.6 Å². The van der Waals surface area contributed by atoms with Crippen LogP contribution in [-0.2, 0) is 4.79 Å². The predicted molar refractivity (Wildman–Crippen MR) is 78.9 cm³/mol. The fraction of sp³-hybridized carbons (Fsp3) is 0.692. The van der Waals surface area contributed by atoms with Crippen molar-refractivity contribution in [1.29, 1.82) is 0 Å². The molecule has 21 heavy (non-hydrogen) atoms. The molecule has 0 bridgehead atoms. The molecular formula is C13H19N5O2S. The van der Waals surface area contributed by atoms with E-state index in [1.807, 2.05) is 4.90 Å². The van der Waals surface area contributed by atoms with Crippen molar-refractivity contribution < 1.29 is 9.59 Å². The minimum atomic E-state index is -0.625. The Balaban J connectivity index is 1.67. The van der Waals surface area contributed by atoms with Crippen molar-refractivity contribution in [3.63, 3.8) is 0 Å². The molecule has 0 unspecified atom stereocenters. The number of carbonyl (C=O) groups excluding carboxylic acids is 2. The highest BCUT2D eigenvalue weighted by atomic mass is 32.2. The number of hydrogen-bond acceptors (Lipinski definition) is 5. The van der Waals surface area contributed by atoms with Gasteiger partial charge < -0.3 is 10.6 Å². The van der Waals surface area contributed by atoms with Gasteiger partial charge in [0.05, 0.1) is 11.3 Å². The number of carbonyl (C=O) groups is 2. The van der Waals surface area contributed by atoms with E-state index in [2.05, 4.69) is 10.1 Å². The van der Waals surface area contributed by atoms with E-state index in [4.69, 9.17) is 5.73 Å². The lowest BCUT2D eigenvalue weighted by atomic mass is 10.1. The molecular weight excluding hydrogens is 290 g/mol. The van der Waals surface area contributed by atoms with Crippen molar-refractivity contribution in [3.05, 3.63) is 12.2 Å². The van der Waals surface area contributed by atoms with Gasteiger partial charge in [0.2, 0.25) is 11.7 Å². The molecule has 0 aromatic carbocycles. The molecule has 2 fully saturated rings. The first kappa shape index (κ1) is 14.4. The van der Waals surface area contributed by atoms with Crippen molar-refractivity contribution in [2.24, 2.45) is 5.73 Å². The second-order valence-corrected chi connectivity index (χ2v) is 6.81. The number of hydrogen-bond donors (Lipinski definition) is 1. The number of nitrogens with zero attached hydrogens (tertiary/aromatic N) is 4. The van der Waals surface area contributed by atoms with Gasteiger partial charge >= 0.3 is 0 Å². The molecule has 8 heteroatoms. The predicted octanol–water partition coefficient (Wildman–Crippen LogP) is 0.436. The minimum absolute atomic E-state index is 0.0322. The number of rotatable bonds is 3. The van der Waals surface area contributed by atoms with Crippen molar-refractivity contribution in [1.82, 2.24) is 19.7 Å². The SMILES string of the molecule is NC(=O)c1ncn([C@H]2CCCN(C(=O)[C@@H]3CCCS3)C2)n1. The van der Waals surface area contributed by atoms with Crippen LogP contribution in [0.1, 0.15) is 42.3 Å². The van der Waals surface area contributed by atoms with E-state index >= 15 is 0 Å². The Labute approximate surface area is 127 Å². The zero-order valence-electron chi connectivity index (χ0n) is 11.8. The number of likely N-dealkylation sites (tertiary alicyclic amines) is 1. The van der Waals surface area contributed by atoms with Gasteiger partial charge in [-0.3, -0.25) is 9.59 Å². The van der Waals surface area contributed by atoms with Crippen LogP contribution in [0.2, 0.25) is 0 Å². The highest BCUT2D eigenvalue weighted by Gasteiger charge is 2.32. The third-order valence-electron chi connectivity index (χ3n) is 4.02. The monoisotopic (exact) mass is 309 g/mol. The number of primary amides is 1. The molecule has 2 amide bonds. The summed E-state index contributed by atoms with van der Waals surface area (Å²) in [5.41, 5.74) is 5.17. The summed E-state index contributed by atoms with van der Waals surface area (Å²) in [6.07, 6.45) is 5.52. The maximum absolute atomic E-state index is 12.5. The average molecular weight is 309 g/mol. The van der Waals surface area contributed by atoms with Gasteiger partial charge in [-0.2, -0.15) is 0 Å². The van der Waals surface area contributed by atoms with Crippen molar-refractivity contribution in [2.45, 2.75) is 37.0 Å². The normalized spacial score (nSPS) is 26.0. The third-order valence-corrected chi connectivity index (χ3v) is 5.38. The maximum Gasteiger partial charge on any atom is 0.288 e. The molecule has 0 spiro atoms. The molecule has 114 valence electrons. The van der Waals surface area contributed by atoms with Crippen LogP contribution in [0.5, 0.6) is 0 Å². The quantitative estimate of drug-likeness (QED) is 0.874. The first-order chi connectivity index (χ1) is 10.1. The van der Waals surface area contributed by atoms with E-state index in [1.54, 1.807) is 16.4 Å². The van der Waals surface area contributed by atoms with E-state index in [1.165, 1.54) is 6.33 Å². The smallest absolute Gasteiger partial charge is 0.288 e. The number of piperidine rings is 1. The van der Waals surface area contributed by atoms with Crippen LogP contribution < -0.4 is 5.73 Å². The molecule has 1 aromatic heterocycles. The Hall–Kier alpha value is -1.57. The largest absolute Gasteiger partial charge is 0.363 e. The Morgan fingerprint density at radius 1 is 1.33 bits per heavy atom. The lowest BCUT2D eigenvalue weighted by Gasteiger charge is -2.34.